The van der Waals surface area contributed by atoms with Gasteiger partial charge in [-0.3, -0.25) is 19.6 Å². The van der Waals surface area contributed by atoms with E-state index in [1.165, 1.54) is 18.3 Å². The number of morpholine rings is 1. The van der Waals surface area contributed by atoms with Gasteiger partial charge in [0.1, 0.15) is 35.3 Å². The Morgan fingerprint density at radius 1 is 1.05 bits per heavy atom. The minimum absolute atomic E-state index is 0.0771. The lowest BCUT2D eigenvalue weighted by Crippen LogP contribution is -2.72. The van der Waals surface area contributed by atoms with E-state index in [4.69, 9.17) is 19.2 Å². The number of benzene rings is 2. The van der Waals surface area contributed by atoms with Crippen LogP contribution in [0, 0.1) is 17.5 Å². The zero-order chi connectivity index (χ0) is 37.5. The quantitative estimate of drug-likeness (QED) is 0.187. The van der Waals surface area contributed by atoms with Gasteiger partial charge in [0.2, 0.25) is 5.91 Å². The van der Waals surface area contributed by atoms with Gasteiger partial charge in [-0.1, -0.05) is 30.3 Å². The largest absolute Gasteiger partial charge is 0.461 e. The average Bonchev–Trinajstić information content (AvgIpc) is 3.96. The van der Waals surface area contributed by atoms with Crippen LogP contribution in [0.1, 0.15) is 25.7 Å². The van der Waals surface area contributed by atoms with Crippen molar-refractivity contribution in [2.75, 3.05) is 77.1 Å². The summed E-state index contributed by atoms with van der Waals surface area (Å²) in [6, 6.07) is 7.54. The number of nitrogens with zero attached hydrogens (tertiary/aromatic N) is 7. The highest BCUT2D eigenvalue weighted by Gasteiger charge is 2.51. The van der Waals surface area contributed by atoms with Crippen LogP contribution in [-0.2, 0) is 14.3 Å². The Labute approximate surface area is 314 Å². The van der Waals surface area contributed by atoms with Gasteiger partial charge in [0.15, 0.2) is 17.5 Å². The van der Waals surface area contributed by atoms with Gasteiger partial charge >= 0.3 is 6.01 Å². The fourth-order valence-corrected chi connectivity index (χ4v) is 9.84. The summed E-state index contributed by atoms with van der Waals surface area (Å²) in [4.78, 5) is 35.8. The molecule has 0 radical (unpaired) electrons. The third-order valence-corrected chi connectivity index (χ3v) is 12.6. The Balaban J connectivity index is 0.990. The van der Waals surface area contributed by atoms with Crippen molar-refractivity contribution < 1.29 is 36.6 Å². The van der Waals surface area contributed by atoms with Crippen molar-refractivity contribution in [3.05, 3.63) is 66.1 Å². The van der Waals surface area contributed by atoms with Gasteiger partial charge in [-0.25, -0.2) is 17.6 Å². The topological polar surface area (TPSA) is 96.4 Å². The van der Waals surface area contributed by atoms with E-state index in [2.05, 4.69) is 19.8 Å². The molecule has 15 heteroatoms. The first-order chi connectivity index (χ1) is 26.7. The first-order valence-corrected chi connectivity index (χ1v) is 19.1. The van der Waals surface area contributed by atoms with Crippen molar-refractivity contribution >= 4 is 33.4 Å². The van der Waals surface area contributed by atoms with Gasteiger partial charge in [-0.2, -0.15) is 9.97 Å². The first-order valence-electron chi connectivity index (χ1n) is 19.1. The summed E-state index contributed by atoms with van der Waals surface area (Å²) in [6.45, 7) is 5.28. The minimum Gasteiger partial charge on any atom is -0.461 e. The van der Waals surface area contributed by atoms with Crippen molar-refractivity contribution in [1.29, 1.82) is 0 Å². The number of amides is 1. The monoisotopic (exact) mass is 759 g/mol. The Kier molecular flexibility index (Phi) is 8.50. The predicted molar refractivity (Wildman–Crippen MR) is 195 cm³/mol. The second-order valence-corrected chi connectivity index (χ2v) is 16.0. The molecule has 2 bridgehead atoms. The van der Waals surface area contributed by atoms with Crippen LogP contribution in [0.2, 0.25) is 0 Å². The SMILES string of the molecule is O=C(/C=C/CN1CC2CC1CO2)N1CCN(c2nc(OC[C@@]34CCCN3C[C@H](F)C4)nc3c(F)c(-c4cccc5ccc(F)c(F)c45)ncc23)CC12COC2. The van der Waals surface area contributed by atoms with Crippen LogP contribution < -0.4 is 9.64 Å². The van der Waals surface area contributed by atoms with Crippen molar-refractivity contribution in [3.8, 4) is 17.3 Å². The summed E-state index contributed by atoms with van der Waals surface area (Å²) >= 11 is 0. The highest BCUT2D eigenvalue weighted by molar-refractivity contribution is 5.99. The maximum atomic E-state index is 16.9. The number of rotatable bonds is 8. The van der Waals surface area contributed by atoms with Gasteiger partial charge in [0.25, 0.3) is 0 Å². The van der Waals surface area contributed by atoms with Crippen LogP contribution in [0.15, 0.2) is 48.7 Å². The molecule has 11 nitrogen and oxygen atoms in total. The zero-order valence-electron chi connectivity index (χ0n) is 30.2. The number of alkyl halides is 1. The average molecular weight is 760 g/mol. The van der Waals surface area contributed by atoms with Crippen LogP contribution in [0.3, 0.4) is 0 Å². The Hall–Kier alpha value is -4.44. The molecule has 6 saturated heterocycles. The normalized spacial score (nSPS) is 27.6. The molecule has 6 aliphatic heterocycles. The van der Waals surface area contributed by atoms with Crippen LogP contribution in [-0.4, -0.2) is 137 Å². The highest BCUT2D eigenvalue weighted by atomic mass is 19.2. The molecule has 2 unspecified atom stereocenters. The van der Waals surface area contributed by atoms with E-state index in [1.807, 2.05) is 15.9 Å². The number of piperazine rings is 1. The van der Waals surface area contributed by atoms with Gasteiger partial charge in [-0.15, -0.1) is 0 Å². The van der Waals surface area contributed by atoms with E-state index in [1.54, 1.807) is 18.2 Å². The standard InChI is InChI=1S/C40H41F4N7O4/c41-25-15-39(9-3-11-50(39)17-25)23-55-38-46-36-29(16-45-35(34(36)44)28-5-1-4-24-7-8-30(42)33(43)32(24)28)37(47-38)49-12-13-51(40(20-49)21-53-22-40)31(52)6-2-10-48-18-27-14-26(48)19-54-27/h1-2,4-8,16,25-27H,3,9-15,17-23H2/b6-2+/t25-,26?,27?,39+/m1/s1. The third-order valence-electron chi connectivity index (χ3n) is 12.6. The molecule has 288 valence electrons. The number of pyridine rings is 1. The molecule has 0 aliphatic carbocycles. The van der Waals surface area contributed by atoms with E-state index in [0.717, 1.165) is 45.0 Å². The third kappa shape index (κ3) is 5.84. The van der Waals surface area contributed by atoms with E-state index in [-0.39, 0.29) is 46.8 Å². The number of ether oxygens (including phenoxy) is 3. The van der Waals surface area contributed by atoms with E-state index >= 15 is 8.78 Å². The molecule has 1 amide bonds. The summed E-state index contributed by atoms with van der Waals surface area (Å²) in [7, 11) is 0. The molecular formula is C40H41F4N7O4. The van der Waals surface area contributed by atoms with E-state index < -0.39 is 34.7 Å². The Morgan fingerprint density at radius 2 is 1.95 bits per heavy atom. The van der Waals surface area contributed by atoms with E-state index in [9.17, 15) is 13.6 Å². The second-order valence-electron chi connectivity index (χ2n) is 16.0. The maximum absolute atomic E-state index is 16.9. The number of aromatic nitrogens is 3. The highest BCUT2D eigenvalue weighted by Crippen LogP contribution is 2.42. The summed E-state index contributed by atoms with van der Waals surface area (Å²) in [5.41, 5.74) is -1.36. The van der Waals surface area contributed by atoms with Crippen LogP contribution in [0.5, 0.6) is 6.01 Å². The number of anilines is 1. The zero-order valence-corrected chi connectivity index (χ0v) is 30.2. The summed E-state index contributed by atoms with van der Waals surface area (Å²) in [5.74, 6) is -2.73. The molecule has 0 N–H and O–H groups in total. The minimum atomic E-state index is -1.10. The molecule has 6 aliphatic rings. The molecule has 6 fully saturated rings. The maximum Gasteiger partial charge on any atom is 0.319 e. The lowest BCUT2D eigenvalue weighted by Gasteiger charge is -2.55. The van der Waals surface area contributed by atoms with Crippen molar-refractivity contribution in [1.82, 2.24) is 29.7 Å². The molecule has 2 aromatic carbocycles. The van der Waals surface area contributed by atoms with Gasteiger partial charge in [0.05, 0.1) is 36.8 Å². The molecular weight excluding hydrogens is 718 g/mol. The van der Waals surface area contributed by atoms with E-state index in [0.29, 0.717) is 75.0 Å². The number of likely N-dealkylation sites (tertiary alicyclic amines) is 1. The number of hydrogen-bond donors (Lipinski definition) is 0. The number of fused-ring (bicyclic) bond motifs is 5. The molecule has 55 heavy (non-hydrogen) atoms. The van der Waals surface area contributed by atoms with Gasteiger partial charge in [0, 0.05) is 75.0 Å². The van der Waals surface area contributed by atoms with Gasteiger partial charge < -0.3 is 24.0 Å². The Bertz CT molecular complexity index is 2220. The van der Waals surface area contributed by atoms with Crippen LogP contribution in [0.4, 0.5) is 23.4 Å². The molecule has 4 aromatic rings. The Morgan fingerprint density at radius 3 is 2.75 bits per heavy atom. The van der Waals surface area contributed by atoms with Crippen LogP contribution >= 0.6 is 0 Å². The lowest BCUT2D eigenvalue weighted by atomic mass is 9.91. The number of halogens is 4. The molecule has 10 rings (SSSR count). The fraction of sp³-hybridized carbons (Fsp3) is 0.500. The predicted octanol–water partition coefficient (Wildman–Crippen LogP) is 4.66. The van der Waals surface area contributed by atoms with Crippen LogP contribution in [0.25, 0.3) is 32.9 Å². The second kappa shape index (κ2) is 13.4. The first kappa shape index (κ1) is 35.0. The molecule has 8 heterocycles. The number of carbonyl (C=O) groups excluding carboxylic acids is 1. The fourth-order valence-electron chi connectivity index (χ4n) is 9.84. The molecule has 4 atom stereocenters. The van der Waals surface area contributed by atoms with Gasteiger partial charge in [-0.05, 0) is 37.3 Å². The number of hydrogen-bond acceptors (Lipinski definition) is 10. The number of carbonyl (C=O) groups is 1. The van der Waals surface area contributed by atoms with Crippen molar-refractivity contribution in [2.24, 2.45) is 0 Å². The van der Waals surface area contributed by atoms with Crippen molar-refractivity contribution in [3.63, 3.8) is 0 Å². The molecule has 2 aromatic heterocycles. The summed E-state index contributed by atoms with van der Waals surface area (Å²) < 4.78 is 79.0. The lowest BCUT2D eigenvalue weighted by molar-refractivity contribution is -0.164. The van der Waals surface area contributed by atoms with Crippen molar-refractivity contribution in [2.45, 2.75) is 55.1 Å². The summed E-state index contributed by atoms with van der Waals surface area (Å²) in [5, 5.41) is 0.593. The molecule has 0 saturated carbocycles. The summed E-state index contributed by atoms with van der Waals surface area (Å²) in [6.07, 6.45) is 7.39. The molecule has 1 spiro atoms. The smallest absolute Gasteiger partial charge is 0.319 e.